The summed E-state index contributed by atoms with van der Waals surface area (Å²) in [6, 6.07) is 5.86. The van der Waals surface area contributed by atoms with Crippen LogP contribution in [0.5, 0.6) is 0 Å². The predicted molar refractivity (Wildman–Crippen MR) is 60.3 cm³/mol. The van der Waals surface area contributed by atoms with Gasteiger partial charge in [0.15, 0.2) is 5.78 Å². The lowest BCUT2D eigenvalue weighted by Crippen LogP contribution is -2.03. The first kappa shape index (κ1) is 11.6. The van der Waals surface area contributed by atoms with Crippen LogP contribution >= 0.6 is 0 Å². The number of benzene rings is 1. The zero-order valence-electron chi connectivity index (χ0n) is 9.41. The summed E-state index contributed by atoms with van der Waals surface area (Å²) < 4.78 is 0. The van der Waals surface area contributed by atoms with Crippen molar-refractivity contribution >= 4 is 12.1 Å². The Morgan fingerprint density at radius 2 is 2.07 bits per heavy atom. The highest BCUT2D eigenvalue weighted by molar-refractivity contribution is 6.03. The molecule has 1 aromatic carbocycles. The van der Waals surface area contributed by atoms with E-state index in [0.29, 0.717) is 17.8 Å². The minimum atomic E-state index is -0.0926. The van der Waals surface area contributed by atoms with Gasteiger partial charge in [0.25, 0.3) is 0 Å². The molecule has 0 aliphatic heterocycles. The van der Waals surface area contributed by atoms with Gasteiger partial charge in [0.1, 0.15) is 6.29 Å². The lowest BCUT2D eigenvalue weighted by Gasteiger charge is -2.09. The first-order valence-electron chi connectivity index (χ1n) is 5.13. The molecule has 1 rings (SSSR count). The van der Waals surface area contributed by atoms with Crippen molar-refractivity contribution in [2.45, 2.75) is 33.1 Å². The topological polar surface area (TPSA) is 34.1 Å². The smallest absolute Gasteiger partial charge is 0.170 e. The molecule has 15 heavy (non-hydrogen) atoms. The Labute approximate surface area is 90.3 Å². The van der Waals surface area contributed by atoms with E-state index < -0.39 is 0 Å². The standard InChI is InChI=1S/C13H16O2/c1-9(2)11-5-4-10(3)12(8-11)13(15)6-7-14/h4-5,7-9H,6H2,1-3H3. The summed E-state index contributed by atoms with van der Waals surface area (Å²) >= 11 is 0. The third-order valence-electron chi connectivity index (χ3n) is 2.50. The second kappa shape index (κ2) is 4.87. The van der Waals surface area contributed by atoms with E-state index in [1.165, 1.54) is 0 Å². The van der Waals surface area contributed by atoms with E-state index in [0.717, 1.165) is 11.1 Å². The number of hydrogen-bond acceptors (Lipinski definition) is 2. The van der Waals surface area contributed by atoms with Crippen molar-refractivity contribution in [2.75, 3.05) is 0 Å². The van der Waals surface area contributed by atoms with Gasteiger partial charge in [0.2, 0.25) is 0 Å². The predicted octanol–water partition coefficient (Wildman–Crippen LogP) is 2.89. The Balaban J connectivity index is 3.10. The van der Waals surface area contributed by atoms with Crippen LogP contribution in [0.1, 0.15) is 47.7 Å². The fraction of sp³-hybridized carbons (Fsp3) is 0.385. The van der Waals surface area contributed by atoms with Crippen LogP contribution < -0.4 is 0 Å². The molecule has 0 saturated heterocycles. The summed E-state index contributed by atoms with van der Waals surface area (Å²) in [6.45, 7) is 6.05. The Morgan fingerprint density at radius 1 is 1.40 bits per heavy atom. The Morgan fingerprint density at radius 3 is 2.60 bits per heavy atom. The lowest BCUT2D eigenvalue weighted by atomic mass is 9.95. The van der Waals surface area contributed by atoms with Gasteiger partial charge >= 0.3 is 0 Å². The molecule has 0 atom stereocenters. The number of Topliss-reactive ketones (excluding diaryl/α,β-unsaturated/α-hetero) is 1. The molecule has 80 valence electrons. The first-order chi connectivity index (χ1) is 7.06. The summed E-state index contributed by atoms with van der Waals surface area (Å²) in [5.41, 5.74) is 2.74. The van der Waals surface area contributed by atoms with Gasteiger partial charge in [-0.05, 0) is 30.0 Å². The van der Waals surface area contributed by atoms with Crippen LogP contribution in [0.3, 0.4) is 0 Å². The number of aryl methyl sites for hydroxylation is 1. The van der Waals surface area contributed by atoms with Gasteiger partial charge in [-0.2, -0.15) is 0 Å². The van der Waals surface area contributed by atoms with E-state index >= 15 is 0 Å². The molecule has 0 fully saturated rings. The molecule has 0 aliphatic carbocycles. The van der Waals surface area contributed by atoms with Gasteiger partial charge in [-0.25, -0.2) is 0 Å². The summed E-state index contributed by atoms with van der Waals surface area (Å²) in [4.78, 5) is 21.9. The van der Waals surface area contributed by atoms with Gasteiger partial charge < -0.3 is 4.79 Å². The van der Waals surface area contributed by atoms with E-state index in [-0.39, 0.29) is 12.2 Å². The molecule has 0 bridgehead atoms. The molecular formula is C13H16O2. The number of carbonyl (C=O) groups is 2. The normalized spacial score (nSPS) is 10.4. The summed E-state index contributed by atoms with van der Waals surface area (Å²) in [7, 11) is 0. The molecule has 0 saturated carbocycles. The number of ketones is 1. The minimum Gasteiger partial charge on any atom is -0.303 e. The van der Waals surface area contributed by atoms with Crippen LogP contribution in [0.15, 0.2) is 18.2 Å². The van der Waals surface area contributed by atoms with Crippen molar-refractivity contribution in [1.29, 1.82) is 0 Å². The number of hydrogen-bond donors (Lipinski definition) is 0. The van der Waals surface area contributed by atoms with Gasteiger partial charge in [-0.1, -0.05) is 26.0 Å². The van der Waals surface area contributed by atoms with Gasteiger partial charge in [0.05, 0.1) is 6.42 Å². The van der Waals surface area contributed by atoms with Crippen molar-refractivity contribution in [3.8, 4) is 0 Å². The van der Waals surface area contributed by atoms with E-state index in [1.54, 1.807) is 0 Å². The van der Waals surface area contributed by atoms with Crippen LogP contribution in [0.4, 0.5) is 0 Å². The molecular weight excluding hydrogens is 188 g/mol. The van der Waals surface area contributed by atoms with E-state index in [9.17, 15) is 9.59 Å². The minimum absolute atomic E-state index is 0.0254. The SMILES string of the molecule is Cc1ccc(C(C)C)cc1C(=O)CC=O. The fourth-order valence-corrected chi connectivity index (χ4v) is 1.48. The highest BCUT2D eigenvalue weighted by Gasteiger charge is 2.10. The second-order valence-corrected chi connectivity index (χ2v) is 4.02. The van der Waals surface area contributed by atoms with Crippen molar-refractivity contribution in [1.82, 2.24) is 0 Å². The second-order valence-electron chi connectivity index (χ2n) is 4.02. The van der Waals surface area contributed by atoms with Crippen LogP contribution in [-0.2, 0) is 4.79 Å². The van der Waals surface area contributed by atoms with Crippen molar-refractivity contribution in [2.24, 2.45) is 0 Å². The third-order valence-corrected chi connectivity index (χ3v) is 2.50. The molecule has 0 aromatic heterocycles. The highest BCUT2D eigenvalue weighted by atomic mass is 16.1. The molecule has 0 heterocycles. The fourth-order valence-electron chi connectivity index (χ4n) is 1.48. The quantitative estimate of drug-likeness (QED) is 0.429. The molecule has 0 N–H and O–H groups in total. The summed E-state index contributed by atoms with van der Waals surface area (Å²) in [6.07, 6.45) is 0.631. The van der Waals surface area contributed by atoms with Crippen LogP contribution in [0, 0.1) is 6.92 Å². The third kappa shape index (κ3) is 2.75. The highest BCUT2D eigenvalue weighted by Crippen LogP contribution is 2.19. The number of aldehydes is 1. The number of carbonyl (C=O) groups excluding carboxylic acids is 2. The molecule has 0 spiro atoms. The molecule has 0 radical (unpaired) electrons. The van der Waals surface area contributed by atoms with E-state index in [1.807, 2.05) is 25.1 Å². The Hall–Kier alpha value is -1.44. The largest absolute Gasteiger partial charge is 0.303 e. The maximum absolute atomic E-state index is 11.6. The lowest BCUT2D eigenvalue weighted by molar-refractivity contribution is -0.107. The Kier molecular flexibility index (Phi) is 3.78. The van der Waals surface area contributed by atoms with Crippen molar-refractivity contribution in [3.05, 3.63) is 34.9 Å². The maximum atomic E-state index is 11.6. The first-order valence-corrected chi connectivity index (χ1v) is 5.13. The van der Waals surface area contributed by atoms with E-state index in [2.05, 4.69) is 13.8 Å². The van der Waals surface area contributed by atoms with Crippen LogP contribution in [-0.4, -0.2) is 12.1 Å². The summed E-state index contributed by atoms with van der Waals surface area (Å²) in [5.74, 6) is 0.304. The zero-order valence-corrected chi connectivity index (χ0v) is 9.41. The van der Waals surface area contributed by atoms with Gasteiger partial charge in [-0.3, -0.25) is 4.79 Å². The molecule has 2 heteroatoms. The summed E-state index contributed by atoms with van der Waals surface area (Å²) in [5, 5.41) is 0. The molecule has 0 unspecified atom stereocenters. The van der Waals surface area contributed by atoms with Gasteiger partial charge in [-0.15, -0.1) is 0 Å². The average molecular weight is 204 g/mol. The monoisotopic (exact) mass is 204 g/mol. The van der Waals surface area contributed by atoms with Gasteiger partial charge in [0, 0.05) is 5.56 Å². The van der Waals surface area contributed by atoms with E-state index in [4.69, 9.17) is 0 Å². The Bertz CT molecular complexity index is 378. The maximum Gasteiger partial charge on any atom is 0.170 e. The van der Waals surface area contributed by atoms with Crippen molar-refractivity contribution < 1.29 is 9.59 Å². The average Bonchev–Trinajstić information content (AvgIpc) is 2.18. The zero-order chi connectivity index (χ0) is 11.4. The molecule has 2 nitrogen and oxygen atoms in total. The molecule has 0 amide bonds. The molecule has 1 aromatic rings. The van der Waals surface area contributed by atoms with Crippen LogP contribution in [0.25, 0.3) is 0 Å². The van der Waals surface area contributed by atoms with Crippen LogP contribution in [0.2, 0.25) is 0 Å². The molecule has 0 aliphatic rings. The number of rotatable bonds is 4. The van der Waals surface area contributed by atoms with Crippen molar-refractivity contribution in [3.63, 3.8) is 0 Å².